The van der Waals surface area contributed by atoms with E-state index in [0.717, 1.165) is 43.9 Å². The highest BCUT2D eigenvalue weighted by Crippen LogP contribution is 2.34. The number of alkyl carbamates (subject to hydrolysis) is 1. The molecule has 5 rings (SSSR count). The van der Waals surface area contributed by atoms with Crippen molar-refractivity contribution in [2.75, 3.05) is 31.1 Å². The van der Waals surface area contributed by atoms with Crippen LogP contribution in [-0.4, -0.2) is 81.7 Å². The molecule has 2 aliphatic heterocycles. The van der Waals surface area contributed by atoms with Gasteiger partial charge < -0.3 is 24.8 Å². The van der Waals surface area contributed by atoms with Crippen molar-refractivity contribution >= 4 is 17.9 Å². The number of carbonyl (C=O) groups excluding carboxylic acids is 2. The second-order valence-corrected chi connectivity index (χ2v) is 12.0. The number of likely N-dealkylation sites (tertiary alicyclic amines) is 1. The molecule has 3 aliphatic rings. The van der Waals surface area contributed by atoms with Crippen LogP contribution in [0.1, 0.15) is 68.3 Å². The minimum Gasteiger partial charge on any atom is -0.444 e. The largest absolute Gasteiger partial charge is 0.444 e. The van der Waals surface area contributed by atoms with Gasteiger partial charge >= 0.3 is 6.09 Å². The molecule has 0 spiro atoms. The zero-order chi connectivity index (χ0) is 29.3. The summed E-state index contributed by atoms with van der Waals surface area (Å²) in [6.07, 6.45) is 7.92. The lowest BCUT2D eigenvalue weighted by Crippen LogP contribution is -2.47. The van der Waals surface area contributed by atoms with Crippen molar-refractivity contribution < 1.29 is 23.1 Å². The molecule has 41 heavy (non-hydrogen) atoms. The zero-order valence-corrected chi connectivity index (χ0v) is 23.5. The predicted octanol–water partition coefficient (Wildman–Crippen LogP) is 3.80. The number of carbonyl (C=O) groups is 2. The molecule has 1 N–H and O–H groups in total. The summed E-state index contributed by atoms with van der Waals surface area (Å²) in [5, 5.41) is 12.0. The summed E-state index contributed by atoms with van der Waals surface area (Å²) < 4.78 is 34.3. The number of nitrogens with one attached hydrogen (secondary N) is 1. The highest BCUT2D eigenvalue weighted by molar-refractivity contribution is 5.94. The monoisotopic (exact) mass is 567 g/mol. The summed E-state index contributed by atoms with van der Waals surface area (Å²) in [5.74, 6) is -1.55. The Bertz CT molecular complexity index is 1320. The van der Waals surface area contributed by atoms with Crippen LogP contribution in [0, 0.1) is 23.1 Å². The van der Waals surface area contributed by atoms with Crippen molar-refractivity contribution in [1.82, 2.24) is 25.1 Å². The maximum absolute atomic E-state index is 14.8. The van der Waals surface area contributed by atoms with Crippen LogP contribution in [0.4, 0.5) is 19.5 Å². The summed E-state index contributed by atoms with van der Waals surface area (Å²) in [7, 11) is 0. The Kier molecular flexibility index (Phi) is 7.98. The van der Waals surface area contributed by atoms with E-state index in [0.29, 0.717) is 24.6 Å². The van der Waals surface area contributed by atoms with E-state index in [2.05, 4.69) is 21.5 Å². The van der Waals surface area contributed by atoms with Crippen molar-refractivity contribution in [2.45, 2.75) is 76.1 Å². The van der Waals surface area contributed by atoms with E-state index in [9.17, 15) is 18.4 Å². The third-order valence-electron chi connectivity index (χ3n) is 7.72. The van der Waals surface area contributed by atoms with Crippen LogP contribution in [-0.2, 0) is 4.74 Å². The molecule has 1 aromatic carbocycles. The molecular formula is C29H35F2N7O3. The normalized spacial score (nSPS) is 21.4. The standard InChI is InChI=1S/C29H35F2N7O3/c1-29(2,3)41-28(40)35-25-16-37(15-23(25)22-12-19(30)4-7-24(22)31)27-33-13-18(14-34-27)26(39)38(20-5-6-20)21-8-10-36(17-32)11-9-21/h4,7,12-14,20-21,23,25H,5-6,8-11,15-16H2,1-3H3,(H,35,40)/t23-,25+/m1/s1. The Morgan fingerprint density at radius 1 is 1.07 bits per heavy atom. The third-order valence-corrected chi connectivity index (χ3v) is 7.72. The first-order chi connectivity index (χ1) is 19.5. The van der Waals surface area contributed by atoms with Gasteiger partial charge in [-0.15, -0.1) is 0 Å². The molecule has 0 unspecified atom stereocenters. The van der Waals surface area contributed by atoms with Gasteiger partial charge in [0.25, 0.3) is 5.91 Å². The van der Waals surface area contributed by atoms with Gasteiger partial charge in [0.1, 0.15) is 17.2 Å². The fourth-order valence-corrected chi connectivity index (χ4v) is 5.66. The first-order valence-electron chi connectivity index (χ1n) is 14.0. The van der Waals surface area contributed by atoms with E-state index in [1.54, 1.807) is 30.6 Å². The number of hydrogen-bond donors (Lipinski definition) is 1. The number of halogens is 2. The highest BCUT2D eigenvalue weighted by Gasteiger charge is 2.40. The van der Waals surface area contributed by atoms with Crippen LogP contribution < -0.4 is 10.2 Å². The van der Waals surface area contributed by atoms with Gasteiger partial charge in [-0.2, -0.15) is 5.26 Å². The molecular weight excluding hydrogens is 532 g/mol. The molecule has 3 heterocycles. The molecule has 2 atom stereocenters. The number of nitrogens with zero attached hydrogens (tertiary/aromatic N) is 6. The van der Waals surface area contributed by atoms with Gasteiger partial charge in [-0.25, -0.2) is 23.5 Å². The van der Waals surface area contributed by atoms with Crippen molar-refractivity contribution in [3.63, 3.8) is 0 Å². The topological polar surface area (TPSA) is 115 Å². The van der Waals surface area contributed by atoms with Crippen LogP contribution in [0.2, 0.25) is 0 Å². The molecule has 2 saturated heterocycles. The van der Waals surface area contributed by atoms with Gasteiger partial charge in [0.2, 0.25) is 5.95 Å². The molecule has 10 nitrogen and oxygen atoms in total. The fourth-order valence-electron chi connectivity index (χ4n) is 5.66. The SMILES string of the molecule is CC(C)(C)OC(=O)N[C@H]1CN(c2ncc(C(=O)N(C3CC3)C3CCN(C#N)CC3)cn2)C[C@@H]1c1cc(F)ccc1F. The van der Waals surface area contributed by atoms with Crippen LogP contribution in [0.25, 0.3) is 0 Å². The van der Waals surface area contributed by atoms with E-state index in [1.807, 2.05) is 4.90 Å². The Hall–Kier alpha value is -4.01. The van der Waals surface area contributed by atoms with Crippen LogP contribution in [0.5, 0.6) is 0 Å². The van der Waals surface area contributed by atoms with Gasteiger partial charge in [0, 0.05) is 56.6 Å². The van der Waals surface area contributed by atoms with Crippen molar-refractivity contribution in [1.29, 1.82) is 5.26 Å². The summed E-state index contributed by atoms with van der Waals surface area (Å²) in [6.45, 7) is 6.95. The number of hydrogen-bond acceptors (Lipinski definition) is 8. The maximum atomic E-state index is 14.8. The van der Waals surface area contributed by atoms with Crippen molar-refractivity contribution in [3.8, 4) is 6.19 Å². The molecule has 12 heteroatoms. The molecule has 1 aromatic heterocycles. The van der Waals surface area contributed by atoms with Gasteiger partial charge in [0.05, 0.1) is 11.6 Å². The molecule has 1 aliphatic carbocycles. The molecule has 218 valence electrons. The quantitative estimate of drug-likeness (QED) is 0.525. The van der Waals surface area contributed by atoms with Gasteiger partial charge in [-0.3, -0.25) is 4.79 Å². The summed E-state index contributed by atoms with van der Waals surface area (Å²) in [5.41, 5.74) is -0.212. The average Bonchev–Trinajstić information content (AvgIpc) is 3.68. The minimum absolute atomic E-state index is 0.0690. The zero-order valence-electron chi connectivity index (χ0n) is 23.5. The maximum Gasteiger partial charge on any atom is 0.407 e. The van der Waals surface area contributed by atoms with Crippen LogP contribution >= 0.6 is 0 Å². The lowest BCUT2D eigenvalue weighted by Gasteiger charge is -2.37. The first kappa shape index (κ1) is 28.5. The number of ether oxygens (including phenoxy) is 1. The van der Waals surface area contributed by atoms with E-state index < -0.39 is 35.3 Å². The molecule has 3 fully saturated rings. The summed E-state index contributed by atoms with van der Waals surface area (Å²) in [4.78, 5) is 40.5. The third kappa shape index (κ3) is 6.66. The van der Waals surface area contributed by atoms with E-state index >= 15 is 0 Å². The fraction of sp³-hybridized carbons (Fsp3) is 0.552. The minimum atomic E-state index is -0.728. The number of nitriles is 1. The number of amides is 2. The van der Waals surface area contributed by atoms with Gasteiger partial charge in [0.15, 0.2) is 6.19 Å². The number of aromatic nitrogens is 2. The Labute approximate surface area is 238 Å². The number of benzene rings is 1. The summed E-state index contributed by atoms with van der Waals surface area (Å²) >= 11 is 0. The molecule has 1 saturated carbocycles. The Morgan fingerprint density at radius 2 is 1.73 bits per heavy atom. The van der Waals surface area contributed by atoms with Crippen molar-refractivity contribution in [2.24, 2.45) is 0 Å². The molecule has 0 radical (unpaired) electrons. The second-order valence-electron chi connectivity index (χ2n) is 12.0. The lowest BCUT2D eigenvalue weighted by molar-refractivity contribution is 0.0503. The average molecular weight is 568 g/mol. The van der Waals surface area contributed by atoms with Crippen LogP contribution in [0.15, 0.2) is 30.6 Å². The second kappa shape index (κ2) is 11.5. The van der Waals surface area contributed by atoms with E-state index in [-0.39, 0.29) is 36.6 Å². The molecule has 2 amide bonds. The first-order valence-corrected chi connectivity index (χ1v) is 14.0. The van der Waals surface area contributed by atoms with Crippen molar-refractivity contribution in [3.05, 3.63) is 53.4 Å². The van der Waals surface area contributed by atoms with E-state index in [4.69, 9.17) is 10.00 Å². The number of piperidine rings is 1. The Morgan fingerprint density at radius 3 is 2.34 bits per heavy atom. The lowest BCUT2D eigenvalue weighted by atomic mass is 9.94. The smallest absolute Gasteiger partial charge is 0.407 e. The van der Waals surface area contributed by atoms with E-state index in [1.165, 1.54) is 12.4 Å². The number of rotatable bonds is 6. The number of anilines is 1. The predicted molar refractivity (Wildman–Crippen MR) is 146 cm³/mol. The van der Waals surface area contributed by atoms with Crippen LogP contribution in [0.3, 0.4) is 0 Å². The highest BCUT2D eigenvalue weighted by atomic mass is 19.1. The summed E-state index contributed by atoms with van der Waals surface area (Å²) in [6, 6.07) is 2.93. The Balaban J connectivity index is 1.32. The molecule has 2 aromatic rings. The molecule has 0 bridgehead atoms. The van der Waals surface area contributed by atoms with Gasteiger partial charge in [-0.05, 0) is 70.2 Å². The van der Waals surface area contributed by atoms with Gasteiger partial charge in [-0.1, -0.05) is 0 Å².